The van der Waals surface area contributed by atoms with E-state index in [4.69, 9.17) is 15.2 Å². The first-order valence-corrected chi connectivity index (χ1v) is 13.5. The molecular weight excluding hydrogens is 612 g/mol. The number of benzene rings is 2. The number of ether oxygens (including phenoxy) is 2. The Balaban J connectivity index is 2.12. The van der Waals surface area contributed by atoms with E-state index in [9.17, 15) is 14.4 Å². The highest BCUT2D eigenvalue weighted by molar-refractivity contribution is 9.10. The highest BCUT2D eigenvalue weighted by atomic mass is 79.9. The molecule has 4 rings (SSSR count). The molecule has 0 saturated carbocycles. The standard InChI is InChI=1S/C26H22Br2N2O5S/c1-3-34-25(32)20-19(15-8-6-10-17(28)13-15)21(26(33)35-4-2)24-30(22(20)29)23(31)18(36-24)12-14-7-5-9-16(27)11-14/h5-13,19H,3-4,29H2,1-2H3/b18-12-. The van der Waals surface area contributed by atoms with Crippen molar-refractivity contribution in [3.63, 3.8) is 0 Å². The number of carbonyl (C=O) groups excluding carboxylic acids is 2. The van der Waals surface area contributed by atoms with Crippen LogP contribution in [0.3, 0.4) is 0 Å². The van der Waals surface area contributed by atoms with E-state index in [0.717, 1.165) is 25.8 Å². The second kappa shape index (κ2) is 11.0. The molecular formula is C26H22Br2N2O5S. The summed E-state index contributed by atoms with van der Waals surface area (Å²) in [7, 11) is 0. The van der Waals surface area contributed by atoms with Crippen LogP contribution in [0.2, 0.25) is 0 Å². The molecule has 0 spiro atoms. The lowest BCUT2D eigenvalue weighted by atomic mass is 9.83. The maximum Gasteiger partial charge on any atom is 0.338 e. The van der Waals surface area contributed by atoms with Crippen LogP contribution in [0, 0.1) is 0 Å². The Morgan fingerprint density at radius 1 is 1.00 bits per heavy atom. The average Bonchev–Trinajstić information content (AvgIpc) is 3.15. The van der Waals surface area contributed by atoms with E-state index in [-0.39, 0.29) is 30.2 Å². The molecule has 1 aliphatic heterocycles. The number of aromatic nitrogens is 1. The fourth-order valence-corrected chi connectivity index (χ4v) is 6.03. The van der Waals surface area contributed by atoms with Gasteiger partial charge < -0.3 is 15.2 Å². The van der Waals surface area contributed by atoms with Gasteiger partial charge in [0.2, 0.25) is 0 Å². The molecule has 0 fully saturated rings. The zero-order chi connectivity index (χ0) is 26.0. The number of carbonyl (C=O) groups is 2. The summed E-state index contributed by atoms with van der Waals surface area (Å²) in [5.41, 5.74) is 7.65. The van der Waals surface area contributed by atoms with E-state index < -0.39 is 23.4 Å². The molecule has 1 aliphatic rings. The summed E-state index contributed by atoms with van der Waals surface area (Å²) in [5, 5.41) is 0. The minimum atomic E-state index is -0.891. The summed E-state index contributed by atoms with van der Waals surface area (Å²) >= 11 is 8.02. The van der Waals surface area contributed by atoms with Gasteiger partial charge in [-0.05, 0) is 55.3 Å². The van der Waals surface area contributed by atoms with Gasteiger partial charge in [-0.25, -0.2) is 9.59 Å². The summed E-state index contributed by atoms with van der Waals surface area (Å²) in [6.45, 7) is 3.59. The van der Waals surface area contributed by atoms with Gasteiger partial charge in [0.1, 0.15) is 10.5 Å². The molecule has 1 unspecified atom stereocenters. The van der Waals surface area contributed by atoms with Crippen molar-refractivity contribution >= 4 is 72.6 Å². The number of rotatable bonds is 6. The van der Waals surface area contributed by atoms with Crippen molar-refractivity contribution in [2.24, 2.45) is 5.73 Å². The molecule has 36 heavy (non-hydrogen) atoms. The number of hydrogen-bond acceptors (Lipinski definition) is 7. The van der Waals surface area contributed by atoms with Crippen LogP contribution in [0.5, 0.6) is 0 Å². The van der Waals surface area contributed by atoms with Crippen molar-refractivity contribution in [1.29, 1.82) is 0 Å². The van der Waals surface area contributed by atoms with Gasteiger partial charge in [-0.15, -0.1) is 11.3 Å². The number of thiazole rings is 1. The van der Waals surface area contributed by atoms with E-state index >= 15 is 0 Å². The molecule has 10 heteroatoms. The summed E-state index contributed by atoms with van der Waals surface area (Å²) in [6.07, 6.45) is 1.72. The SMILES string of the molecule is CCOC(=O)C1=C(N)n2c(s/c(=C\c3cccc(Br)c3)c2=O)=C(C(=O)OCC)C1c1cccc(Br)c1. The van der Waals surface area contributed by atoms with Gasteiger partial charge in [0.25, 0.3) is 5.56 Å². The van der Waals surface area contributed by atoms with Gasteiger partial charge in [-0.1, -0.05) is 56.1 Å². The topological polar surface area (TPSA) is 101 Å². The molecule has 186 valence electrons. The Labute approximate surface area is 227 Å². The molecule has 2 heterocycles. The number of nitrogens with two attached hydrogens (primary N) is 1. The maximum atomic E-state index is 13.6. The lowest BCUT2D eigenvalue weighted by molar-refractivity contribution is -0.138. The van der Waals surface area contributed by atoms with Crippen LogP contribution in [0.15, 0.2) is 67.8 Å². The zero-order valence-electron chi connectivity index (χ0n) is 19.4. The van der Waals surface area contributed by atoms with Crippen molar-refractivity contribution in [2.75, 3.05) is 13.2 Å². The van der Waals surface area contributed by atoms with E-state index in [1.54, 1.807) is 38.1 Å². The Hall–Kier alpha value is -2.95. The monoisotopic (exact) mass is 632 g/mol. The smallest absolute Gasteiger partial charge is 0.338 e. The fraction of sp³-hybridized carbons (Fsp3) is 0.192. The largest absolute Gasteiger partial charge is 0.463 e. The molecule has 2 N–H and O–H groups in total. The molecule has 7 nitrogen and oxygen atoms in total. The van der Waals surface area contributed by atoms with E-state index in [2.05, 4.69) is 31.9 Å². The highest BCUT2D eigenvalue weighted by Crippen LogP contribution is 2.38. The normalized spacial score (nSPS) is 15.6. The quantitative estimate of drug-likeness (QED) is 0.418. The van der Waals surface area contributed by atoms with Crippen LogP contribution in [0.4, 0.5) is 0 Å². The molecule has 0 saturated heterocycles. The van der Waals surface area contributed by atoms with Crippen LogP contribution in [-0.4, -0.2) is 29.7 Å². The minimum Gasteiger partial charge on any atom is -0.463 e. The third-order valence-electron chi connectivity index (χ3n) is 5.47. The van der Waals surface area contributed by atoms with Crippen LogP contribution in [0.1, 0.15) is 30.9 Å². The lowest BCUT2D eigenvalue weighted by Gasteiger charge is -2.27. The van der Waals surface area contributed by atoms with Gasteiger partial charge in [0, 0.05) is 8.95 Å². The first-order chi connectivity index (χ1) is 17.3. The van der Waals surface area contributed by atoms with Gasteiger partial charge >= 0.3 is 11.9 Å². The fourth-order valence-electron chi connectivity index (χ4n) is 4.03. The Bertz CT molecular complexity index is 1570. The predicted octanol–water partition coefficient (Wildman–Crippen LogP) is 3.47. The van der Waals surface area contributed by atoms with Crippen molar-refractivity contribution < 1.29 is 19.1 Å². The van der Waals surface area contributed by atoms with E-state index in [0.29, 0.717) is 14.8 Å². The second-order valence-corrected chi connectivity index (χ2v) is 10.6. The lowest BCUT2D eigenvalue weighted by Crippen LogP contribution is -2.42. The summed E-state index contributed by atoms with van der Waals surface area (Å²) < 4.78 is 14.2. The predicted molar refractivity (Wildman–Crippen MR) is 146 cm³/mol. The van der Waals surface area contributed by atoms with Crippen molar-refractivity contribution in [1.82, 2.24) is 4.57 Å². The van der Waals surface area contributed by atoms with Crippen LogP contribution in [-0.2, 0) is 19.1 Å². The molecule has 0 aliphatic carbocycles. The van der Waals surface area contributed by atoms with Crippen molar-refractivity contribution in [3.8, 4) is 0 Å². The molecule has 0 amide bonds. The first kappa shape index (κ1) is 26.1. The maximum absolute atomic E-state index is 13.6. The Morgan fingerprint density at radius 3 is 2.22 bits per heavy atom. The number of fused-ring (bicyclic) bond motifs is 1. The number of esters is 2. The van der Waals surface area contributed by atoms with Crippen LogP contribution < -0.4 is 20.5 Å². The van der Waals surface area contributed by atoms with Crippen molar-refractivity contribution in [3.05, 3.63) is 93.7 Å². The van der Waals surface area contributed by atoms with E-state index in [1.807, 2.05) is 30.3 Å². The Kier molecular flexibility index (Phi) is 7.97. The second-order valence-electron chi connectivity index (χ2n) is 7.75. The molecule has 1 atom stereocenters. The van der Waals surface area contributed by atoms with Crippen LogP contribution in [0.25, 0.3) is 17.5 Å². The van der Waals surface area contributed by atoms with Crippen LogP contribution >= 0.6 is 43.2 Å². The third-order valence-corrected chi connectivity index (χ3v) is 7.56. The van der Waals surface area contributed by atoms with Gasteiger partial charge in [0.15, 0.2) is 0 Å². The van der Waals surface area contributed by atoms with Gasteiger partial charge in [-0.2, -0.15) is 0 Å². The molecule has 2 aromatic carbocycles. The molecule has 0 bridgehead atoms. The number of nitrogens with zero attached hydrogens (tertiary/aromatic N) is 1. The summed E-state index contributed by atoms with van der Waals surface area (Å²) in [6, 6.07) is 14.7. The zero-order valence-corrected chi connectivity index (χ0v) is 23.4. The summed E-state index contributed by atoms with van der Waals surface area (Å²) in [4.78, 5) is 40.1. The molecule has 1 aromatic heterocycles. The van der Waals surface area contributed by atoms with Gasteiger partial charge in [-0.3, -0.25) is 9.36 Å². The Morgan fingerprint density at radius 2 is 1.61 bits per heavy atom. The number of hydrogen-bond donors (Lipinski definition) is 1. The third kappa shape index (κ3) is 4.98. The average molecular weight is 634 g/mol. The summed E-state index contributed by atoms with van der Waals surface area (Å²) in [5.74, 6) is -2.31. The van der Waals surface area contributed by atoms with E-state index in [1.165, 1.54) is 4.57 Å². The highest BCUT2D eigenvalue weighted by Gasteiger charge is 2.40. The number of halogens is 2. The minimum absolute atomic E-state index is 0.0133. The molecule has 0 radical (unpaired) electrons. The van der Waals surface area contributed by atoms with Gasteiger partial charge in [0.05, 0.1) is 34.8 Å². The first-order valence-electron chi connectivity index (χ1n) is 11.1. The molecule has 3 aromatic rings. The van der Waals surface area contributed by atoms with Crippen molar-refractivity contribution in [2.45, 2.75) is 19.8 Å².